The molecule has 3 rings (SSSR count). The number of rotatable bonds is 10. The third-order valence-corrected chi connectivity index (χ3v) is 4.62. The Morgan fingerprint density at radius 3 is 2.96 bits per heavy atom. The van der Waals surface area contributed by atoms with Crippen LogP contribution in [-0.2, 0) is 4.74 Å². The van der Waals surface area contributed by atoms with E-state index in [4.69, 9.17) is 25.2 Å². The Hall–Kier alpha value is -2.60. The topological polar surface area (TPSA) is 98.9 Å². The molecule has 1 aliphatic heterocycles. The Morgan fingerprint density at radius 1 is 1.36 bits per heavy atom. The number of nitrogens with zero attached hydrogens (tertiary/aromatic N) is 2. The molecule has 0 aliphatic carbocycles. The van der Waals surface area contributed by atoms with E-state index in [1.807, 2.05) is 18.2 Å². The van der Waals surface area contributed by atoms with Crippen LogP contribution < -0.4 is 14.8 Å². The van der Waals surface area contributed by atoms with E-state index in [9.17, 15) is 5.11 Å². The van der Waals surface area contributed by atoms with Gasteiger partial charge in [0.2, 0.25) is 18.5 Å². The second-order valence-corrected chi connectivity index (χ2v) is 6.67. The lowest BCUT2D eigenvalue weighted by atomic mass is 9.99. The van der Waals surface area contributed by atoms with Crippen molar-refractivity contribution in [3.05, 3.63) is 24.1 Å². The number of hydrogen-bond donors (Lipinski definition) is 2. The number of aliphatic hydroxyl groups excluding tert-OH is 1. The molecule has 150 valence electrons. The zero-order valence-corrected chi connectivity index (χ0v) is 16.1. The zero-order valence-electron chi connectivity index (χ0n) is 16.1. The summed E-state index contributed by atoms with van der Waals surface area (Å²) in [4.78, 5) is 4.55. The van der Waals surface area contributed by atoms with Crippen LogP contribution in [0.25, 0.3) is 11.4 Å². The fourth-order valence-electron chi connectivity index (χ4n) is 2.86. The smallest absolute Gasteiger partial charge is 0.244 e. The Morgan fingerprint density at radius 2 is 2.18 bits per heavy atom. The van der Waals surface area contributed by atoms with Crippen molar-refractivity contribution >= 4 is 0 Å². The minimum Gasteiger partial charge on any atom is -0.454 e. The Balaban J connectivity index is 1.69. The number of aromatic nitrogens is 2. The van der Waals surface area contributed by atoms with Gasteiger partial charge in [-0.2, -0.15) is 4.98 Å². The van der Waals surface area contributed by atoms with Gasteiger partial charge in [-0.15, -0.1) is 6.42 Å². The van der Waals surface area contributed by atoms with Gasteiger partial charge in [-0.05, 0) is 24.1 Å². The predicted molar refractivity (Wildman–Crippen MR) is 102 cm³/mol. The molecule has 0 unspecified atom stereocenters. The van der Waals surface area contributed by atoms with Crippen LogP contribution in [0, 0.1) is 18.3 Å². The molecule has 2 aromatic rings. The fraction of sp³-hybridized carbons (Fsp3) is 0.500. The van der Waals surface area contributed by atoms with Crippen molar-refractivity contribution in [2.75, 3.05) is 26.6 Å². The van der Waals surface area contributed by atoms with Crippen LogP contribution in [0.1, 0.15) is 32.2 Å². The molecule has 2 N–H and O–H groups in total. The number of terminal acetylenes is 1. The molecule has 1 aromatic carbocycles. The van der Waals surface area contributed by atoms with Crippen LogP contribution in [0.5, 0.6) is 11.5 Å². The van der Waals surface area contributed by atoms with Gasteiger partial charge in [-0.25, -0.2) is 0 Å². The Kier molecular flexibility index (Phi) is 6.87. The summed E-state index contributed by atoms with van der Waals surface area (Å²) in [5.41, 5.74) is 0.782. The highest BCUT2D eigenvalue weighted by Crippen LogP contribution is 2.35. The summed E-state index contributed by atoms with van der Waals surface area (Å²) in [6.45, 7) is 5.04. The number of fused-ring (bicyclic) bond motifs is 1. The standard InChI is InChI=1S/C20H25N3O5/c1-4-8-25-11-15(24)10-21-18(13(3)5-2)20-22-19(23-28-20)14-6-7-16-17(9-14)27-12-26-16/h1,6-7,9,13,15,18,21,24H,5,8,10-12H2,2-3H3/t13-,15-,18+/m1/s1. The monoisotopic (exact) mass is 387 g/mol. The number of benzene rings is 1. The van der Waals surface area contributed by atoms with E-state index in [1.54, 1.807) is 0 Å². The molecule has 1 aliphatic rings. The molecule has 0 radical (unpaired) electrons. The van der Waals surface area contributed by atoms with Crippen molar-refractivity contribution < 1.29 is 23.8 Å². The molecule has 8 nitrogen and oxygen atoms in total. The van der Waals surface area contributed by atoms with Gasteiger partial charge in [-0.1, -0.05) is 31.3 Å². The largest absolute Gasteiger partial charge is 0.454 e. The molecule has 3 atom stereocenters. The number of aliphatic hydroxyl groups is 1. The second kappa shape index (κ2) is 9.55. The Labute approximate surface area is 164 Å². The van der Waals surface area contributed by atoms with Crippen molar-refractivity contribution in [3.63, 3.8) is 0 Å². The Bertz CT molecular complexity index is 816. The van der Waals surface area contributed by atoms with Gasteiger partial charge in [0, 0.05) is 12.1 Å². The first-order valence-corrected chi connectivity index (χ1v) is 9.28. The minimum absolute atomic E-state index is 0.163. The van der Waals surface area contributed by atoms with Gasteiger partial charge in [0.05, 0.1) is 18.8 Å². The van der Waals surface area contributed by atoms with Crippen molar-refractivity contribution in [1.29, 1.82) is 0 Å². The zero-order chi connectivity index (χ0) is 19.9. The first kappa shape index (κ1) is 20.1. The number of nitrogens with one attached hydrogen (secondary N) is 1. The molecule has 0 saturated heterocycles. The van der Waals surface area contributed by atoms with Gasteiger partial charge in [-0.3, -0.25) is 0 Å². The number of ether oxygens (including phenoxy) is 3. The summed E-state index contributed by atoms with van der Waals surface area (Å²) in [7, 11) is 0. The molecule has 0 fully saturated rings. The average Bonchev–Trinajstić information content (AvgIpc) is 3.37. The van der Waals surface area contributed by atoms with Gasteiger partial charge in [0.15, 0.2) is 11.5 Å². The normalized spacial score (nSPS) is 15.8. The van der Waals surface area contributed by atoms with Crippen LogP contribution in [0.4, 0.5) is 0 Å². The van der Waals surface area contributed by atoms with Crippen LogP contribution in [0.3, 0.4) is 0 Å². The molecule has 1 aromatic heterocycles. The lowest BCUT2D eigenvalue weighted by molar-refractivity contribution is 0.0476. The highest BCUT2D eigenvalue weighted by molar-refractivity contribution is 5.61. The quantitative estimate of drug-likeness (QED) is 0.473. The molecule has 0 saturated carbocycles. The number of hydrogen-bond acceptors (Lipinski definition) is 8. The fourth-order valence-corrected chi connectivity index (χ4v) is 2.86. The predicted octanol–water partition coefficient (Wildman–Crippen LogP) is 2.15. The summed E-state index contributed by atoms with van der Waals surface area (Å²) in [5, 5.41) is 17.5. The van der Waals surface area contributed by atoms with E-state index >= 15 is 0 Å². The summed E-state index contributed by atoms with van der Waals surface area (Å²) in [6.07, 6.45) is 5.36. The SMILES string of the molecule is C#CCOC[C@H](O)CN[C@H](c1nc(-c2ccc3c(c2)OCO3)no1)[C@H](C)CC. The van der Waals surface area contributed by atoms with Gasteiger partial charge in [0.25, 0.3) is 0 Å². The lowest BCUT2D eigenvalue weighted by Gasteiger charge is -2.22. The molecular formula is C20H25N3O5. The van der Waals surface area contributed by atoms with Gasteiger partial charge < -0.3 is 29.2 Å². The van der Waals surface area contributed by atoms with E-state index in [1.165, 1.54) is 0 Å². The second-order valence-electron chi connectivity index (χ2n) is 6.67. The van der Waals surface area contributed by atoms with E-state index < -0.39 is 6.10 Å². The van der Waals surface area contributed by atoms with E-state index in [0.29, 0.717) is 29.8 Å². The highest BCUT2D eigenvalue weighted by atomic mass is 16.7. The molecule has 0 spiro atoms. The van der Waals surface area contributed by atoms with Crippen LogP contribution in [-0.4, -0.2) is 47.9 Å². The van der Waals surface area contributed by atoms with Crippen LogP contribution in [0.2, 0.25) is 0 Å². The van der Waals surface area contributed by atoms with Gasteiger partial charge in [0.1, 0.15) is 6.61 Å². The summed E-state index contributed by atoms with van der Waals surface area (Å²) in [6, 6.07) is 5.32. The maximum atomic E-state index is 10.1. The average molecular weight is 387 g/mol. The molecule has 0 bridgehead atoms. The van der Waals surface area contributed by atoms with E-state index in [2.05, 4.69) is 35.2 Å². The maximum absolute atomic E-state index is 10.1. The lowest BCUT2D eigenvalue weighted by Crippen LogP contribution is -2.35. The van der Waals surface area contributed by atoms with E-state index in [0.717, 1.165) is 12.0 Å². The molecule has 8 heteroatoms. The molecular weight excluding hydrogens is 362 g/mol. The summed E-state index contributed by atoms with van der Waals surface area (Å²) >= 11 is 0. The van der Waals surface area contributed by atoms with Crippen molar-refractivity contribution in [2.24, 2.45) is 5.92 Å². The van der Waals surface area contributed by atoms with Crippen LogP contribution >= 0.6 is 0 Å². The summed E-state index contributed by atoms with van der Waals surface area (Å²) in [5.74, 6) is 4.91. The first-order chi connectivity index (χ1) is 13.6. The highest BCUT2D eigenvalue weighted by Gasteiger charge is 2.25. The van der Waals surface area contributed by atoms with Crippen molar-refractivity contribution in [2.45, 2.75) is 32.4 Å². The first-order valence-electron chi connectivity index (χ1n) is 9.28. The van der Waals surface area contributed by atoms with E-state index in [-0.39, 0.29) is 32.0 Å². The van der Waals surface area contributed by atoms with Crippen LogP contribution in [0.15, 0.2) is 22.7 Å². The van der Waals surface area contributed by atoms with Gasteiger partial charge >= 0.3 is 0 Å². The summed E-state index contributed by atoms with van der Waals surface area (Å²) < 4.78 is 21.4. The third kappa shape index (κ3) is 4.81. The van der Waals surface area contributed by atoms with Crippen molar-refractivity contribution in [3.8, 4) is 35.2 Å². The maximum Gasteiger partial charge on any atom is 0.244 e. The third-order valence-electron chi connectivity index (χ3n) is 4.62. The molecule has 2 heterocycles. The molecule has 28 heavy (non-hydrogen) atoms. The van der Waals surface area contributed by atoms with Crippen molar-refractivity contribution in [1.82, 2.24) is 15.5 Å². The minimum atomic E-state index is -0.684. The molecule has 0 amide bonds.